The Labute approximate surface area is 121 Å². The monoisotopic (exact) mass is 287 g/mol. The molecular weight excluding hydrogens is 258 g/mol. The number of amides is 2. The average molecular weight is 287 g/mol. The Hall–Kier alpha value is -1.30. The molecule has 0 aromatic rings. The van der Waals surface area contributed by atoms with Crippen molar-refractivity contribution in [3.05, 3.63) is 0 Å². The number of carbonyl (C=O) groups excluding carboxylic acids is 1. The summed E-state index contributed by atoms with van der Waals surface area (Å²) in [6.07, 6.45) is 1.38. The SMILES string of the molecule is CC(CCCC(=O)O)NC(=O)NC(CN(C)C)C(C)C. The molecule has 0 aromatic heterocycles. The van der Waals surface area contributed by atoms with E-state index in [4.69, 9.17) is 5.11 Å². The van der Waals surface area contributed by atoms with E-state index in [1.807, 2.05) is 25.9 Å². The van der Waals surface area contributed by atoms with Gasteiger partial charge in [0, 0.05) is 25.0 Å². The van der Waals surface area contributed by atoms with E-state index in [0.717, 1.165) is 6.54 Å². The van der Waals surface area contributed by atoms with Crippen molar-refractivity contribution in [2.75, 3.05) is 20.6 Å². The van der Waals surface area contributed by atoms with Gasteiger partial charge >= 0.3 is 12.0 Å². The van der Waals surface area contributed by atoms with Crippen LogP contribution in [0.2, 0.25) is 0 Å². The Kier molecular flexibility index (Phi) is 8.96. The van der Waals surface area contributed by atoms with E-state index in [-0.39, 0.29) is 24.5 Å². The fraction of sp³-hybridized carbons (Fsp3) is 0.857. The smallest absolute Gasteiger partial charge is 0.315 e. The number of aliphatic carboxylic acids is 1. The van der Waals surface area contributed by atoms with E-state index in [0.29, 0.717) is 18.8 Å². The first-order valence-electron chi connectivity index (χ1n) is 7.16. The number of carbonyl (C=O) groups is 2. The highest BCUT2D eigenvalue weighted by molar-refractivity contribution is 5.74. The summed E-state index contributed by atoms with van der Waals surface area (Å²) in [5, 5.41) is 14.4. The second kappa shape index (κ2) is 9.58. The van der Waals surface area contributed by atoms with E-state index in [1.165, 1.54) is 0 Å². The molecule has 0 heterocycles. The van der Waals surface area contributed by atoms with Crippen LogP contribution in [0.3, 0.4) is 0 Å². The lowest BCUT2D eigenvalue weighted by Crippen LogP contribution is -2.50. The van der Waals surface area contributed by atoms with Crippen LogP contribution in [0.4, 0.5) is 4.79 Å². The maximum Gasteiger partial charge on any atom is 0.315 e. The van der Waals surface area contributed by atoms with Crippen molar-refractivity contribution >= 4 is 12.0 Å². The van der Waals surface area contributed by atoms with Crippen LogP contribution >= 0.6 is 0 Å². The largest absolute Gasteiger partial charge is 0.481 e. The second-order valence-electron chi connectivity index (χ2n) is 5.92. The van der Waals surface area contributed by atoms with Gasteiger partial charge in [0.05, 0.1) is 0 Å². The van der Waals surface area contributed by atoms with Crippen molar-refractivity contribution < 1.29 is 14.7 Å². The quantitative estimate of drug-likeness (QED) is 0.600. The Bertz CT molecular complexity index is 306. The first-order chi connectivity index (χ1) is 9.22. The number of hydrogen-bond donors (Lipinski definition) is 3. The number of rotatable bonds is 9. The molecule has 2 unspecified atom stereocenters. The molecule has 2 amide bonds. The molecule has 0 saturated carbocycles. The zero-order chi connectivity index (χ0) is 15.7. The summed E-state index contributed by atoms with van der Waals surface area (Å²) in [6.45, 7) is 6.83. The third-order valence-corrected chi connectivity index (χ3v) is 3.09. The van der Waals surface area contributed by atoms with Crippen LogP contribution < -0.4 is 10.6 Å². The molecule has 0 aliphatic carbocycles. The van der Waals surface area contributed by atoms with Crippen LogP contribution in [0.15, 0.2) is 0 Å². The number of hydrogen-bond acceptors (Lipinski definition) is 3. The molecule has 6 nitrogen and oxygen atoms in total. The molecule has 118 valence electrons. The molecule has 0 saturated heterocycles. The summed E-state index contributed by atoms with van der Waals surface area (Å²) >= 11 is 0. The van der Waals surface area contributed by atoms with Gasteiger partial charge in [-0.15, -0.1) is 0 Å². The van der Waals surface area contributed by atoms with Crippen LogP contribution in [0.5, 0.6) is 0 Å². The van der Waals surface area contributed by atoms with Crippen molar-refractivity contribution in [3.63, 3.8) is 0 Å². The molecule has 0 fully saturated rings. The molecule has 0 aliphatic heterocycles. The zero-order valence-electron chi connectivity index (χ0n) is 13.3. The second-order valence-corrected chi connectivity index (χ2v) is 5.92. The number of likely N-dealkylation sites (N-methyl/N-ethyl adjacent to an activating group) is 1. The number of carboxylic acids is 1. The van der Waals surface area contributed by atoms with Gasteiger partial charge in [-0.3, -0.25) is 4.79 Å². The molecule has 3 N–H and O–H groups in total. The van der Waals surface area contributed by atoms with Crippen LogP contribution in [-0.2, 0) is 4.79 Å². The summed E-state index contributed by atoms with van der Waals surface area (Å²) in [5.74, 6) is -0.446. The first kappa shape index (κ1) is 18.7. The number of carboxylic acid groups (broad SMARTS) is 1. The van der Waals surface area contributed by atoms with Crippen molar-refractivity contribution in [1.82, 2.24) is 15.5 Å². The lowest BCUT2D eigenvalue weighted by atomic mass is 10.0. The maximum atomic E-state index is 11.9. The molecule has 0 spiro atoms. The summed E-state index contributed by atoms with van der Waals surface area (Å²) < 4.78 is 0. The van der Waals surface area contributed by atoms with E-state index in [2.05, 4.69) is 24.5 Å². The third-order valence-electron chi connectivity index (χ3n) is 3.09. The van der Waals surface area contributed by atoms with Gasteiger partial charge in [-0.2, -0.15) is 0 Å². The highest BCUT2D eigenvalue weighted by Gasteiger charge is 2.17. The van der Waals surface area contributed by atoms with Gasteiger partial charge in [0.25, 0.3) is 0 Å². The molecule has 0 bridgehead atoms. The normalized spacial score (nSPS) is 14.2. The van der Waals surface area contributed by atoms with E-state index >= 15 is 0 Å². The fourth-order valence-corrected chi connectivity index (χ4v) is 1.88. The summed E-state index contributed by atoms with van der Waals surface area (Å²) in [4.78, 5) is 24.4. The van der Waals surface area contributed by atoms with Crippen LogP contribution in [-0.4, -0.2) is 54.7 Å². The molecule has 0 aliphatic rings. The molecular formula is C14H29N3O3. The van der Waals surface area contributed by atoms with Gasteiger partial charge in [-0.1, -0.05) is 13.8 Å². The number of nitrogens with one attached hydrogen (secondary N) is 2. The van der Waals surface area contributed by atoms with Crippen molar-refractivity contribution in [2.45, 2.75) is 52.1 Å². The molecule has 20 heavy (non-hydrogen) atoms. The first-order valence-corrected chi connectivity index (χ1v) is 7.16. The van der Waals surface area contributed by atoms with Crippen LogP contribution in [0, 0.1) is 5.92 Å². The van der Waals surface area contributed by atoms with E-state index in [9.17, 15) is 9.59 Å². The minimum atomic E-state index is -0.799. The van der Waals surface area contributed by atoms with Crippen LogP contribution in [0.25, 0.3) is 0 Å². The summed E-state index contributed by atoms with van der Waals surface area (Å²) in [6, 6.07) is -0.119. The number of nitrogens with zero attached hydrogens (tertiary/aromatic N) is 1. The topological polar surface area (TPSA) is 81.7 Å². The predicted octanol–water partition coefficient (Wildman–Crippen LogP) is 1.52. The highest BCUT2D eigenvalue weighted by Crippen LogP contribution is 2.04. The van der Waals surface area contributed by atoms with Gasteiger partial charge in [-0.25, -0.2) is 4.79 Å². The predicted molar refractivity (Wildman–Crippen MR) is 79.8 cm³/mol. The van der Waals surface area contributed by atoms with Crippen molar-refractivity contribution in [1.29, 1.82) is 0 Å². The minimum Gasteiger partial charge on any atom is -0.481 e. The lowest BCUT2D eigenvalue weighted by molar-refractivity contribution is -0.137. The van der Waals surface area contributed by atoms with Crippen molar-refractivity contribution in [2.24, 2.45) is 5.92 Å². The van der Waals surface area contributed by atoms with Gasteiger partial charge in [0.2, 0.25) is 0 Å². The highest BCUT2D eigenvalue weighted by atomic mass is 16.4. The van der Waals surface area contributed by atoms with Gasteiger partial charge in [-0.05, 0) is 39.8 Å². The van der Waals surface area contributed by atoms with Crippen LogP contribution in [0.1, 0.15) is 40.0 Å². The number of urea groups is 1. The molecule has 6 heteroatoms. The Morgan fingerprint density at radius 2 is 1.75 bits per heavy atom. The zero-order valence-corrected chi connectivity index (χ0v) is 13.3. The van der Waals surface area contributed by atoms with Gasteiger partial charge in [0.1, 0.15) is 0 Å². The van der Waals surface area contributed by atoms with E-state index < -0.39 is 5.97 Å². The Morgan fingerprint density at radius 3 is 2.20 bits per heavy atom. The van der Waals surface area contributed by atoms with Gasteiger partial charge < -0.3 is 20.6 Å². The Morgan fingerprint density at radius 1 is 1.15 bits per heavy atom. The fourth-order valence-electron chi connectivity index (χ4n) is 1.88. The summed E-state index contributed by atoms with van der Waals surface area (Å²) in [7, 11) is 3.95. The third kappa shape index (κ3) is 9.61. The van der Waals surface area contributed by atoms with Crippen molar-refractivity contribution in [3.8, 4) is 0 Å². The molecule has 0 aromatic carbocycles. The lowest BCUT2D eigenvalue weighted by Gasteiger charge is -2.26. The summed E-state index contributed by atoms with van der Waals surface area (Å²) in [5.41, 5.74) is 0. The Balaban J connectivity index is 4.08. The minimum absolute atomic E-state index is 0.0264. The molecule has 0 radical (unpaired) electrons. The van der Waals surface area contributed by atoms with Gasteiger partial charge in [0.15, 0.2) is 0 Å². The van der Waals surface area contributed by atoms with E-state index in [1.54, 1.807) is 0 Å². The standard InChI is InChI=1S/C14H29N3O3/c1-10(2)12(9-17(4)5)16-14(20)15-11(3)7-6-8-13(18)19/h10-12H,6-9H2,1-5H3,(H,18,19)(H2,15,16,20). The molecule has 0 rings (SSSR count). The average Bonchev–Trinajstić information content (AvgIpc) is 2.26. The maximum absolute atomic E-state index is 11.9. The molecule has 2 atom stereocenters.